The molecule has 1 heterocycles. The Morgan fingerprint density at radius 2 is 1.68 bits per heavy atom. The molecule has 1 aromatic rings. The number of carbonyl (C=O) groups is 3. The molecule has 1 N–H and O–H groups in total. The third-order valence-corrected chi connectivity index (χ3v) is 5.17. The highest BCUT2D eigenvalue weighted by Crippen LogP contribution is 2.43. The van der Waals surface area contributed by atoms with Crippen molar-refractivity contribution in [2.45, 2.75) is 39.5 Å². The fourth-order valence-electron chi connectivity index (χ4n) is 3.11. The molecule has 1 aliphatic heterocycles. The van der Waals surface area contributed by atoms with Crippen molar-refractivity contribution in [2.24, 2.45) is 0 Å². The minimum atomic E-state index is -0.901. The zero-order valence-corrected chi connectivity index (χ0v) is 17.5. The van der Waals surface area contributed by atoms with Gasteiger partial charge in [0.05, 0.1) is 34.2 Å². The van der Waals surface area contributed by atoms with E-state index in [2.05, 4.69) is 5.32 Å². The average Bonchev–Trinajstić information content (AvgIpc) is 2.62. The maximum atomic E-state index is 12.8. The number of nitrogens with one attached hydrogen (secondary N) is 1. The molecule has 0 aliphatic carbocycles. The van der Waals surface area contributed by atoms with Crippen LogP contribution in [0.1, 0.15) is 45.1 Å². The Labute approximate surface area is 173 Å². The molecule has 0 fully saturated rings. The third-order valence-electron chi connectivity index (χ3n) is 4.34. The van der Waals surface area contributed by atoms with Gasteiger partial charge in [0.15, 0.2) is 0 Å². The van der Waals surface area contributed by atoms with Gasteiger partial charge in [-0.2, -0.15) is 0 Å². The first-order chi connectivity index (χ1) is 13.2. The molecule has 2 rings (SSSR count). The number of ether oxygens (including phenoxy) is 2. The lowest BCUT2D eigenvalue weighted by atomic mass is 9.80. The summed E-state index contributed by atoms with van der Waals surface area (Å²) < 4.78 is 9.90. The Balaban J connectivity index is 2.65. The van der Waals surface area contributed by atoms with Gasteiger partial charge in [0.25, 0.3) is 0 Å². The highest BCUT2D eigenvalue weighted by molar-refractivity contribution is 6.42. The fraction of sp³-hybridized carbons (Fsp3) is 0.350. The molecule has 0 saturated heterocycles. The van der Waals surface area contributed by atoms with Gasteiger partial charge < -0.3 is 14.8 Å². The molecule has 0 radical (unpaired) electrons. The number of esters is 3. The molecule has 0 amide bonds. The van der Waals surface area contributed by atoms with E-state index in [0.29, 0.717) is 23.4 Å². The Bertz CT molecular complexity index is 889. The van der Waals surface area contributed by atoms with Crippen LogP contribution in [0.3, 0.4) is 0 Å². The summed E-state index contributed by atoms with van der Waals surface area (Å²) in [5.74, 6) is -3.03. The van der Waals surface area contributed by atoms with Gasteiger partial charge in [0.2, 0.25) is 0 Å². The van der Waals surface area contributed by atoms with E-state index in [0.717, 1.165) is 0 Å². The normalized spacial score (nSPS) is 16.6. The summed E-state index contributed by atoms with van der Waals surface area (Å²) in [6.45, 7) is 5.14. The fourth-order valence-corrected chi connectivity index (χ4v) is 3.53. The predicted octanol–water partition coefficient (Wildman–Crippen LogP) is 4.27. The zero-order valence-electron chi connectivity index (χ0n) is 16.0. The number of halogens is 2. The quantitative estimate of drug-likeness (QED) is 0.560. The number of methoxy groups -OCH3 is 1. The number of allylic oxidation sites excluding steroid dienone is 2. The van der Waals surface area contributed by atoms with E-state index in [4.69, 9.17) is 32.7 Å². The number of hydrogen-bond acceptors (Lipinski definition) is 6. The van der Waals surface area contributed by atoms with Gasteiger partial charge >= 0.3 is 17.9 Å². The van der Waals surface area contributed by atoms with Crippen LogP contribution in [0.2, 0.25) is 10.0 Å². The largest absolute Gasteiger partial charge is 0.466 e. The molecular formula is C20H21Cl2NO5. The molecular weight excluding hydrogens is 405 g/mol. The lowest BCUT2D eigenvalue weighted by Crippen LogP contribution is -2.33. The molecule has 1 unspecified atom stereocenters. The Kier molecular flexibility index (Phi) is 7.27. The Morgan fingerprint density at radius 1 is 1.07 bits per heavy atom. The van der Waals surface area contributed by atoms with E-state index < -0.39 is 23.8 Å². The second kappa shape index (κ2) is 9.26. The average molecular weight is 426 g/mol. The molecule has 150 valence electrons. The summed E-state index contributed by atoms with van der Waals surface area (Å²) in [6, 6.07) is 4.92. The van der Waals surface area contributed by atoms with Crippen molar-refractivity contribution in [3.63, 3.8) is 0 Å². The second-order valence-electron chi connectivity index (χ2n) is 6.28. The lowest BCUT2D eigenvalue weighted by Gasteiger charge is -2.30. The number of carbonyl (C=O) groups excluding carboxylic acids is 3. The van der Waals surface area contributed by atoms with Crippen LogP contribution in [0.15, 0.2) is 40.7 Å². The van der Waals surface area contributed by atoms with E-state index in [1.54, 1.807) is 39.0 Å². The summed E-state index contributed by atoms with van der Waals surface area (Å²) in [5.41, 5.74) is 1.67. The number of benzene rings is 1. The summed E-state index contributed by atoms with van der Waals surface area (Å²) in [7, 11) is 1.24. The maximum Gasteiger partial charge on any atom is 0.344 e. The van der Waals surface area contributed by atoms with Gasteiger partial charge in [-0.25, -0.2) is 9.59 Å². The first-order valence-electron chi connectivity index (χ1n) is 8.68. The maximum absolute atomic E-state index is 12.8. The minimum absolute atomic E-state index is 0.0969. The first kappa shape index (κ1) is 22.0. The molecule has 0 spiro atoms. The minimum Gasteiger partial charge on any atom is -0.466 e. The monoisotopic (exact) mass is 425 g/mol. The molecule has 1 aromatic carbocycles. The molecule has 0 bridgehead atoms. The molecule has 0 saturated carbocycles. The van der Waals surface area contributed by atoms with E-state index in [1.165, 1.54) is 7.11 Å². The van der Waals surface area contributed by atoms with Crippen LogP contribution in [-0.2, 0) is 23.9 Å². The van der Waals surface area contributed by atoms with Crippen LogP contribution in [0, 0.1) is 0 Å². The predicted molar refractivity (Wildman–Crippen MR) is 106 cm³/mol. The van der Waals surface area contributed by atoms with E-state index in [9.17, 15) is 14.4 Å². The van der Waals surface area contributed by atoms with Crippen LogP contribution < -0.4 is 5.32 Å². The van der Waals surface area contributed by atoms with Gasteiger partial charge in [0, 0.05) is 17.8 Å². The highest BCUT2D eigenvalue weighted by atomic mass is 35.5. The van der Waals surface area contributed by atoms with Crippen molar-refractivity contribution < 1.29 is 23.9 Å². The standard InChI is InChI=1S/C20H21Cl2NO5/c1-5-7-14(24)28-20(26)16-11(3)23-10(2)15(19(25)27-4)17(16)12-8-6-9-13(21)18(12)22/h6,8-9,17,23H,5,7H2,1-4H3. The van der Waals surface area contributed by atoms with Crippen LogP contribution >= 0.6 is 23.2 Å². The SMILES string of the molecule is CCCC(=O)OC(=O)C1=C(C)NC(C)=C(C(=O)OC)C1c1cccc(Cl)c1Cl. The van der Waals surface area contributed by atoms with E-state index in [-0.39, 0.29) is 27.6 Å². The van der Waals surface area contributed by atoms with Gasteiger partial charge in [0.1, 0.15) is 0 Å². The number of rotatable bonds is 5. The first-order valence-corrected chi connectivity index (χ1v) is 9.44. The molecule has 28 heavy (non-hydrogen) atoms. The Morgan fingerprint density at radius 3 is 2.25 bits per heavy atom. The topological polar surface area (TPSA) is 81.7 Å². The van der Waals surface area contributed by atoms with Gasteiger partial charge in [-0.15, -0.1) is 0 Å². The summed E-state index contributed by atoms with van der Waals surface area (Å²) in [5, 5.41) is 3.45. The summed E-state index contributed by atoms with van der Waals surface area (Å²) in [4.78, 5) is 37.2. The van der Waals surface area contributed by atoms with Gasteiger partial charge in [-0.1, -0.05) is 42.3 Å². The second-order valence-corrected chi connectivity index (χ2v) is 7.07. The Hall–Kier alpha value is -2.31. The van der Waals surface area contributed by atoms with Crippen molar-refractivity contribution in [2.75, 3.05) is 7.11 Å². The van der Waals surface area contributed by atoms with Crippen LogP contribution in [0.5, 0.6) is 0 Å². The van der Waals surface area contributed by atoms with Crippen molar-refractivity contribution in [1.82, 2.24) is 5.32 Å². The van der Waals surface area contributed by atoms with E-state index in [1.807, 2.05) is 0 Å². The summed E-state index contributed by atoms with van der Waals surface area (Å²) >= 11 is 12.5. The molecule has 0 aromatic heterocycles. The van der Waals surface area contributed by atoms with Crippen LogP contribution in [0.25, 0.3) is 0 Å². The van der Waals surface area contributed by atoms with Crippen molar-refractivity contribution in [3.05, 3.63) is 56.3 Å². The van der Waals surface area contributed by atoms with Crippen molar-refractivity contribution in [3.8, 4) is 0 Å². The van der Waals surface area contributed by atoms with Crippen LogP contribution in [0.4, 0.5) is 0 Å². The zero-order chi connectivity index (χ0) is 21.0. The van der Waals surface area contributed by atoms with Gasteiger partial charge in [-0.3, -0.25) is 4.79 Å². The smallest absolute Gasteiger partial charge is 0.344 e. The van der Waals surface area contributed by atoms with Gasteiger partial charge in [-0.05, 0) is 31.9 Å². The third kappa shape index (κ3) is 4.39. The lowest BCUT2D eigenvalue weighted by molar-refractivity contribution is -0.157. The molecule has 6 nitrogen and oxygen atoms in total. The highest BCUT2D eigenvalue weighted by Gasteiger charge is 2.39. The van der Waals surface area contributed by atoms with E-state index >= 15 is 0 Å². The molecule has 8 heteroatoms. The summed E-state index contributed by atoms with van der Waals surface area (Å²) in [6.07, 6.45) is 0.644. The molecule has 1 aliphatic rings. The molecule has 1 atom stereocenters. The van der Waals surface area contributed by atoms with Crippen molar-refractivity contribution >= 4 is 41.1 Å². The van der Waals surface area contributed by atoms with Crippen LogP contribution in [-0.4, -0.2) is 25.0 Å². The van der Waals surface area contributed by atoms with Crippen molar-refractivity contribution in [1.29, 1.82) is 0 Å². The number of hydrogen-bond donors (Lipinski definition) is 1. The number of dihydropyridines is 1.